The van der Waals surface area contributed by atoms with Crippen LogP contribution in [-0.4, -0.2) is 33.9 Å². The van der Waals surface area contributed by atoms with Crippen molar-refractivity contribution in [3.05, 3.63) is 40.3 Å². The average molecular weight is 329 g/mol. The van der Waals surface area contributed by atoms with E-state index in [1.165, 1.54) is 4.52 Å². The highest BCUT2D eigenvalue weighted by Crippen LogP contribution is 2.34. The summed E-state index contributed by atoms with van der Waals surface area (Å²) in [5.41, 5.74) is 1.88. The molecule has 2 heterocycles. The Labute approximate surface area is 138 Å². The van der Waals surface area contributed by atoms with Crippen molar-refractivity contribution in [2.45, 2.75) is 19.8 Å². The number of nitrogens with one attached hydrogen (secondary N) is 1. The van der Waals surface area contributed by atoms with Gasteiger partial charge in [-0.15, -0.1) is 0 Å². The monoisotopic (exact) mass is 329 g/mol. The van der Waals surface area contributed by atoms with Crippen molar-refractivity contribution in [2.24, 2.45) is 0 Å². The Morgan fingerprint density at radius 3 is 2.54 bits per heavy atom. The minimum Gasteiger partial charge on any atom is -0.493 e. The third-order valence-corrected chi connectivity index (χ3v) is 3.96. The van der Waals surface area contributed by atoms with E-state index in [4.69, 9.17) is 9.47 Å². The zero-order valence-corrected chi connectivity index (χ0v) is 14.0. The SMILES string of the molecule is COc1ccc(-c2cnn3c(O)c(C(C)C)c(=O)[nH]c23)cc1OC. The highest BCUT2D eigenvalue weighted by Gasteiger charge is 2.19. The lowest BCUT2D eigenvalue weighted by molar-refractivity contribution is 0.355. The predicted molar refractivity (Wildman–Crippen MR) is 90.1 cm³/mol. The zero-order valence-electron chi connectivity index (χ0n) is 14.0. The van der Waals surface area contributed by atoms with E-state index in [1.54, 1.807) is 32.5 Å². The first-order chi connectivity index (χ1) is 11.5. The Morgan fingerprint density at radius 1 is 1.21 bits per heavy atom. The molecule has 2 aromatic heterocycles. The summed E-state index contributed by atoms with van der Waals surface area (Å²) in [6, 6.07) is 5.41. The second-order valence-corrected chi connectivity index (χ2v) is 5.73. The Kier molecular flexibility index (Phi) is 3.92. The first-order valence-corrected chi connectivity index (χ1v) is 7.53. The van der Waals surface area contributed by atoms with Crippen LogP contribution < -0.4 is 15.0 Å². The number of methoxy groups -OCH3 is 2. The van der Waals surface area contributed by atoms with Gasteiger partial charge in [-0.1, -0.05) is 19.9 Å². The van der Waals surface area contributed by atoms with Crippen LogP contribution in [-0.2, 0) is 0 Å². The third-order valence-electron chi connectivity index (χ3n) is 3.96. The van der Waals surface area contributed by atoms with Crippen LogP contribution in [0, 0.1) is 0 Å². The Hall–Kier alpha value is -2.96. The molecule has 0 spiro atoms. The van der Waals surface area contributed by atoms with Gasteiger partial charge in [0.25, 0.3) is 5.56 Å². The summed E-state index contributed by atoms with van der Waals surface area (Å²) in [6.45, 7) is 3.68. The normalized spacial score (nSPS) is 11.2. The van der Waals surface area contributed by atoms with E-state index in [-0.39, 0.29) is 17.4 Å². The number of aromatic nitrogens is 3. The smallest absolute Gasteiger partial charge is 0.258 e. The number of H-pyrrole nitrogens is 1. The van der Waals surface area contributed by atoms with E-state index in [0.29, 0.717) is 28.3 Å². The molecule has 7 heteroatoms. The van der Waals surface area contributed by atoms with Gasteiger partial charge in [-0.2, -0.15) is 9.61 Å². The lowest BCUT2D eigenvalue weighted by Crippen LogP contribution is -2.17. The summed E-state index contributed by atoms with van der Waals surface area (Å²) in [5, 5.41) is 14.6. The van der Waals surface area contributed by atoms with Gasteiger partial charge in [0.1, 0.15) is 5.65 Å². The molecule has 0 saturated carbocycles. The standard InChI is InChI=1S/C17H19N3O4/c1-9(2)14-16(21)19-15-11(8-18-20(15)17(14)22)10-5-6-12(23-3)13(7-10)24-4/h5-9,22H,1-4H3,(H,19,21). The van der Waals surface area contributed by atoms with E-state index >= 15 is 0 Å². The molecule has 0 unspecified atom stereocenters. The lowest BCUT2D eigenvalue weighted by Gasteiger charge is -2.10. The van der Waals surface area contributed by atoms with Crippen LogP contribution in [0.5, 0.6) is 17.4 Å². The summed E-state index contributed by atoms with van der Waals surface area (Å²) in [6.07, 6.45) is 1.59. The Bertz CT molecular complexity index is 956. The van der Waals surface area contributed by atoms with E-state index in [0.717, 1.165) is 5.56 Å². The fourth-order valence-corrected chi connectivity index (χ4v) is 2.76. The van der Waals surface area contributed by atoms with Crippen molar-refractivity contribution in [1.82, 2.24) is 14.6 Å². The predicted octanol–water partition coefficient (Wildman–Crippen LogP) is 2.54. The molecule has 0 atom stereocenters. The number of fused-ring (bicyclic) bond motifs is 1. The molecule has 1 aromatic carbocycles. The number of ether oxygens (including phenoxy) is 2. The highest BCUT2D eigenvalue weighted by molar-refractivity contribution is 5.79. The van der Waals surface area contributed by atoms with Crippen molar-refractivity contribution >= 4 is 5.65 Å². The maximum Gasteiger partial charge on any atom is 0.258 e. The largest absolute Gasteiger partial charge is 0.493 e. The summed E-state index contributed by atoms with van der Waals surface area (Å²) >= 11 is 0. The molecule has 24 heavy (non-hydrogen) atoms. The summed E-state index contributed by atoms with van der Waals surface area (Å²) in [4.78, 5) is 15.1. The van der Waals surface area contributed by atoms with E-state index in [1.807, 2.05) is 19.9 Å². The summed E-state index contributed by atoms with van der Waals surface area (Å²) < 4.78 is 11.9. The molecule has 126 valence electrons. The molecule has 7 nitrogen and oxygen atoms in total. The first kappa shape index (κ1) is 15.9. The van der Waals surface area contributed by atoms with Crippen molar-refractivity contribution in [2.75, 3.05) is 14.2 Å². The molecular weight excluding hydrogens is 310 g/mol. The van der Waals surface area contributed by atoms with Crippen molar-refractivity contribution in [3.8, 4) is 28.5 Å². The number of hydrogen-bond acceptors (Lipinski definition) is 5. The molecule has 0 bridgehead atoms. The van der Waals surface area contributed by atoms with E-state index < -0.39 is 0 Å². The van der Waals surface area contributed by atoms with Crippen molar-refractivity contribution in [3.63, 3.8) is 0 Å². The summed E-state index contributed by atoms with van der Waals surface area (Å²) in [5.74, 6) is 0.915. The molecule has 3 rings (SSSR count). The lowest BCUT2D eigenvalue weighted by atomic mass is 10.1. The van der Waals surface area contributed by atoms with Crippen LogP contribution in [0.1, 0.15) is 25.3 Å². The van der Waals surface area contributed by atoms with Crippen molar-refractivity contribution in [1.29, 1.82) is 0 Å². The van der Waals surface area contributed by atoms with Crippen LogP contribution in [0.4, 0.5) is 0 Å². The maximum absolute atomic E-state index is 12.3. The van der Waals surface area contributed by atoms with Gasteiger partial charge in [-0.25, -0.2) is 0 Å². The second kappa shape index (κ2) is 5.92. The molecule has 0 amide bonds. The number of benzene rings is 1. The van der Waals surface area contributed by atoms with Crippen LogP contribution in [0.2, 0.25) is 0 Å². The molecular formula is C17H19N3O4. The molecule has 2 N–H and O–H groups in total. The van der Waals surface area contributed by atoms with Crippen molar-refractivity contribution < 1.29 is 14.6 Å². The quantitative estimate of drug-likeness (QED) is 0.768. The first-order valence-electron chi connectivity index (χ1n) is 7.53. The van der Waals surface area contributed by atoms with Gasteiger partial charge in [0.05, 0.1) is 26.0 Å². The van der Waals surface area contributed by atoms with Crippen LogP contribution >= 0.6 is 0 Å². The van der Waals surface area contributed by atoms with Gasteiger partial charge in [0.2, 0.25) is 5.88 Å². The topological polar surface area (TPSA) is 88.9 Å². The fourth-order valence-electron chi connectivity index (χ4n) is 2.76. The molecule has 0 aliphatic carbocycles. The van der Waals surface area contributed by atoms with Crippen LogP contribution in [0.25, 0.3) is 16.8 Å². The van der Waals surface area contributed by atoms with Gasteiger partial charge in [0, 0.05) is 5.56 Å². The fraction of sp³-hybridized carbons (Fsp3) is 0.294. The van der Waals surface area contributed by atoms with Gasteiger partial charge in [0.15, 0.2) is 11.5 Å². The Morgan fingerprint density at radius 2 is 1.92 bits per heavy atom. The zero-order chi connectivity index (χ0) is 17.4. The minimum atomic E-state index is -0.322. The number of nitrogens with zero attached hydrogens (tertiary/aromatic N) is 2. The van der Waals surface area contributed by atoms with Crippen LogP contribution in [0.3, 0.4) is 0 Å². The molecule has 0 aliphatic heterocycles. The molecule has 0 radical (unpaired) electrons. The van der Waals surface area contributed by atoms with Gasteiger partial charge in [-0.3, -0.25) is 4.79 Å². The van der Waals surface area contributed by atoms with Gasteiger partial charge < -0.3 is 19.6 Å². The molecule has 0 fully saturated rings. The average Bonchev–Trinajstić information content (AvgIpc) is 2.97. The molecule has 0 aliphatic rings. The molecule has 0 saturated heterocycles. The summed E-state index contributed by atoms with van der Waals surface area (Å²) in [7, 11) is 3.12. The highest BCUT2D eigenvalue weighted by atomic mass is 16.5. The molecule has 3 aromatic rings. The number of aromatic hydroxyl groups is 1. The second-order valence-electron chi connectivity index (χ2n) is 5.73. The third kappa shape index (κ3) is 2.38. The Balaban J connectivity index is 2.24. The number of aromatic amines is 1. The van der Waals surface area contributed by atoms with Gasteiger partial charge >= 0.3 is 0 Å². The van der Waals surface area contributed by atoms with E-state index in [9.17, 15) is 9.90 Å². The van der Waals surface area contributed by atoms with Gasteiger partial charge in [-0.05, 0) is 23.6 Å². The number of hydrogen-bond donors (Lipinski definition) is 2. The maximum atomic E-state index is 12.3. The minimum absolute atomic E-state index is 0.119. The van der Waals surface area contributed by atoms with Crippen LogP contribution in [0.15, 0.2) is 29.2 Å². The number of rotatable bonds is 4. The van der Waals surface area contributed by atoms with E-state index in [2.05, 4.69) is 10.1 Å².